The molecule has 0 aromatic carbocycles. The van der Waals surface area contributed by atoms with Crippen molar-refractivity contribution in [3.63, 3.8) is 0 Å². The molecular weight excluding hydrogens is 180 g/mol. The monoisotopic (exact) mass is 192 g/mol. The van der Waals surface area contributed by atoms with Gasteiger partial charge in [0.1, 0.15) is 17.6 Å². The van der Waals surface area contributed by atoms with Gasteiger partial charge in [-0.1, -0.05) is 0 Å². The van der Waals surface area contributed by atoms with Crippen LogP contribution in [-0.4, -0.2) is 5.11 Å². The second-order valence-electron chi connectivity index (χ2n) is 3.27. The van der Waals surface area contributed by atoms with E-state index >= 15 is 0 Å². The molecule has 0 radical (unpaired) electrons. The molecule has 0 amide bonds. The van der Waals surface area contributed by atoms with Crippen molar-refractivity contribution in [1.82, 2.24) is 0 Å². The van der Waals surface area contributed by atoms with Crippen LogP contribution < -0.4 is 0 Å². The minimum atomic E-state index is -0.629. The lowest BCUT2D eigenvalue weighted by atomic mass is 10.1. The van der Waals surface area contributed by atoms with Crippen LogP contribution in [0, 0.1) is 6.92 Å². The van der Waals surface area contributed by atoms with Crippen LogP contribution >= 0.6 is 0 Å². The fourth-order valence-corrected chi connectivity index (χ4v) is 1.44. The quantitative estimate of drug-likeness (QED) is 0.812. The van der Waals surface area contributed by atoms with Gasteiger partial charge in [0.15, 0.2) is 0 Å². The molecule has 2 aromatic heterocycles. The van der Waals surface area contributed by atoms with E-state index < -0.39 is 6.10 Å². The Morgan fingerprint density at radius 3 is 2.71 bits per heavy atom. The summed E-state index contributed by atoms with van der Waals surface area (Å²) < 4.78 is 10.3. The molecule has 2 rings (SSSR count). The molecule has 14 heavy (non-hydrogen) atoms. The Hall–Kier alpha value is -1.48. The molecule has 0 aliphatic heterocycles. The first-order valence-electron chi connectivity index (χ1n) is 4.52. The topological polar surface area (TPSA) is 46.5 Å². The SMILES string of the molecule is Cc1ccoc1C(O)Cc1ccco1. The summed E-state index contributed by atoms with van der Waals surface area (Å²) in [6.07, 6.45) is 2.99. The van der Waals surface area contributed by atoms with E-state index in [0.29, 0.717) is 12.2 Å². The minimum Gasteiger partial charge on any atom is -0.469 e. The van der Waals surface area contributed by atoms with Crippen molar-refractivity contribution in [2.75, 3.05) is 0 Å². The molecule has 1 N–H and O–H groups in total. The fourth-order valence-electron chi connectivity index (χ4n) is 1.44. The summed E-state index contributed by atoms with van der Waals surface area (Å²) in [5.41, 5.74) is 0.962. The zero-order chi connectivity index (χ0) is 9.97. The Morgan fingerprint density at radius 1 is 1.29 bits per heavy atom. The standard InChI is InChI=1S/C11H12O3/c1-8-4-6-14-11(8)10(12)7-9-3-2-5-13-9/h2-6,10,12H,7H2,1H3. The summed E-state index contributed by atoms with van der Waals surface area (Å²) in [6.45, 7) is 1.91. The second kappa shape index (κ2) is 3.72. The third kappa shape index (κ3) is 1.72. The number of hydrogen-bond acceptors (Lipinski definition) is 3. The van der Waals surface area contributed by atoms with Gasteiger partial charge in [-0.2, -0.15) is 0 Å². The fraction of sp³-hybridized carbons (Fsp3) is 0.273. The van der Waals surface area contributed by atoms with Crippen LogP contribution in [-0.2, 0) is 6.42 Å². The van der Waals surface area contributed by atoms with Crippen molar-refractivity contribution >= 4 is 0 Å². The van der Waals surface area contributed by atoms with Gasteiger partial charge in [-0.05, 0) is 30.7 Å². The van der Waals surface area contributed by atoms with Gasteiger partial charge in [0.2, 0.25) is 0 Å². The van der Waals surface area contributed by atoms with E-state index in [-0.39, 0.29) is 0 Å². The third-order valence-electron chi connectivity index (χ3n) is 2.18. The van der Waals surface area contributed by atoms with Crippen molar-refractivity contribution in [2.24, 2.45) is 0 Å². The van der Waals surface area contributed by atoms with Gasteiger partial charge < -0.3 is 13.9 Å². The average molecular weight is 192 g/mol. The summed E-state index contributed by atoms with van der Waals surface area (Å²) in [7, 11) is 0. The maximum absolute atomic E-state index is 9.81. The maximum atomic E-state index is 9.81. The largest absolute Gasteiger partial charge is 0.469 e. The highest BCUT2D eigenvalue weighted by molar-refractivity contribution is 5.18. The van der Waals surface area contributed by atoms with Gasteiger partial charge in [-0.25, -0.2) is 0 Å². The lowest BCUT2D eigenvalue weighted by molar-refractivity contribution is 0.142. The van der Waals surface area contributed by atoms with Crippen molar-refractivity contribution in [1.29, 1.82) is 0 Å². The van der Waals surface area contributed by atoms with E-state index in [1.807, 2.05) is 19.1 Å². The maximum Gasteiger partial charge on any atom is 0.135 e. The van der Waals surface area contributed by atoms with Gasteiger partial charge in [0, 0.05) is 6.42 Å². The predicted molar refractivity (Wildman–Crippen MR) is 50.8 cm³/mol. The van der Waals surface area contributed by atoms with E-state index in [9.17, 15) is 5.11 Å². The first-order valence-corrected chi connectivity index (χ1v) is 4.52. The van der Waals surface area contributed by atoms with E-state index in [1.165, 1.54) is 0 Å². The van der Waals surface area contributed by atoms with E-state index in [4.69, 9.17) is 8.83 Å². The molecule has 0 saturated carbocycles. The first kappa shape index (κ1) is 9.09. The molecule has 0 saturated heterocycles. The highest BCUT2D eigenvalue weighted by Crippen LogP contribution is 2.22. The van der Waals surface area contributed by atoms with E-state index in [0.717, 1.165) is 11.3 Å². The molecule has 1 unspecified atom stereocenters. The highest BCUT2D eigenvalue weighted by Gasteiger charge is 2.15. The number of aliphatic hydroxyl groups is 1. The van der Waals surface area contributed by atoms with Crippen molar-refractivity contribution < 1.29 is 13.9 Å². The first-order chi connectivity index (χ1) is 6.77. The number of furan rings is 2. The normalized spacial score (nSPS) is 13.0. The molecule has 0 fully saturated rings. The molecule has 0 aliphatic rings. The van der Waals surface area contributed by atoms with Crippen LogP contribution in [0.15, 0.2) is 39.6 Å². The molecule has 2 aromatic rings. The number of hydrogen-bond donors (Lipinski definition) is 1. The second-order valence-corrected chi connectivity index (χ2v) is 3.27. The summed E-state index contributed by atoms with van der Waals surface area (Å²) in [4.78, 5) is 0. The van der Waals surface area contributed by atoms with Crippen LogP contribution in [0.1, 0.15) is 23.2 Å². The Labute approximate surface area is 82.0 Å². The van der Waals surface area contributed by atoms with Gasteiger partial charge in [0.25, 0.3) is 0 Å². The van der Waals surface area contributed by atoms with Crippen molar-refractivity contribution in [3.8, 4) is 0 Å². The van der Waals surface area contributed by atoms with Crippen LogP contribution in [0.2, 0.25) is 0 Å². The summed E-state index contributed by atoms with van der Waals surface area (Å²) in [6, 6.07) is 5.47. The molecule has 74 valence electrons. The minimum absolute atomic E-state index is 0.446. The van der Waals surface area contributed by atoms with E-state index in [1.54, 1.807) is 18.6 Å². The Balaban J connectivity index is 2.10. The molecular formula is C11H12O3. The van der Waals surface area contributed by atoms with Gasteiger partial charge in [-0.3, -0.25) is 0 Å². The summed E-state index contributed by atoms with van der Waals surface area (Å²) >= 11 is 0. The van der Waals surface area contributed by atoms with Crippen LogP contribution in [0.4, 0.5) is 0 Å². The van der Waals surface area contributed by atoms with Crippen LogP contribution in [0.25, 0.3) is 0 Å². The number of aryl methyl sites for hydroxylation is 1. The number of rotatable bonds is 3. The summed E-state index contributed by atoms with van der Waals surface area (Å²) in [5, 5.41) is 9.81. The molecule has 0 spiro atoms. The predicted octanol–water partition coefficient (Wildman–Crippen LogP) is 2.46. The number of aliphatic hydroxyl groups excluding tert-OH is 1. The smallest absolute Gasteiger partial charge is 0.135 e. The zero-order valence-corrected chi connectivity index (χ0v) is 7.93. The van der Waals surface area contributed by atoms with Crippen molar-refractivity contribution in [3.05, 3.63) is 47.8 Å². The van der Waals surface area contributed by atoms with Crippen LogP contribution in [0.5, 0.6) is 0 Å². The van der Waals surface area contributed by atoms with E-state index in [2.05, 4.69) is 0 Å². The Morgan fingerprint density at radius 2 is 2.14 bits per heavy atom. The molecule has 3 nitrogen and oxygen atoms in total. The molecule has 2 heterocycles. The molecule has 0 bridgehead atoms. The molecule has 3 heteroatoms. The lowest BCUT2D eigenvalue weighted by Gasteiger charge is -2.06. The highest BCUT2D eigenvalue weighted by atomic mass is 16.4. The lowest BCUT2D eigenvalue weighted by Crippen LogP contribution is -2.00. The molecule has 0 aliphatic carbocycles. The van der Waals surface area contributed by atoms with Crippen molar-refractivity contribution in [2.45, 2.75) is 19.4 Å². The Kier molecular flexibility index (Phi) is 2.41. The third-order valence-corrected chi connectivity index (χ3v) is 2.18. The molecule has 1 atom stereocenters. The Bertz CT molecular complexity index is 386. The van der Waals surface area contributed by atoms with Crippen LogP contribution in [0.3, 0.4) is 0 Å². The average Bonchev–Trinajstić information content (AvgIpc) is 2.75. The summed E-state index contributed by atoms with van der Waals surface area (Å²) in [5.74, 6) is 1.37. The van der Waals surface area contributed by atoms with Gasteiger partial charge in [-0.15, -0.1) is 0 Å². The zero-order valence-electron chi connectivity index (χ0n) is 7.93. The van der Waals surface area contributed by atoms with Gasteiger partial charge in [0.05, 0.1) is 12.5 Å². The van der Waals surface area contributed by atoms with Gasteiger partial charge >= 0.3 is 0 Å².